The smallest absolute Gasteiger partial charge is 0.332 e. The SMILES string of the molecule is COc1cccc(N2C[C@@H](C)Cn3c2nc2c3c(=O)n(C)c(=O)n2C)c1. The Balaban J connectivity index is 2.01. The summed E-state index contributed by atoms with van der Waals surface area (Å²) in [5, 5.41) is 0. The number of aromatic nitrogens is 4. The minimum atomic E-state index is -0.376. The molecule has 8 heteroatoms. The van der Waals surface area contributed by atoms with Crippen LogP contribution in [0.4, 0.5) is 11.6 Å². The van der Waals surface area contributed by atoms with Gasteiger partial charge in [-0.2, -0.15) is 4.98 Å². The molecule has 0 spiro atoms. The van der Waals surface area contributed by atoms with Gasteiger partial charge in [0.05, 0.1) is 7.11 Å². The van der Waals surface area contributed by atoms with Gasteiger partial charge in [0.25, 0.3) is 5.56 Å². The van der Waals surface area contributed by atoms with Gasteiger partial charge in [-0.15, -0.1) is 0 Å². The largest absolute Gasteiger partial charge is 0.497 e. The van der Waals surface area contributed by atoms with Crippen LogP contribution in [-0.4, -0.2) is 32.3 Å². The molecule has 3 heterocycles. The molecule has 3 aromatic rings. The third-order valence-corrected chi connectivity index (χ3v) is 4.92. The number of fused-ring (bicyclic) bond motifs is 3. The summed E-state index contributed by atoms with van der Waals surface area (Å²) in [6.45, 7) is 3.58. The molecule has 0 amide bonds. The predicted octanol–water partition coefficient (Wildman–Crippen LogP) is 1.23. The van der Waals surface area contributed by atoms with Crippen LogP contribution in [0.5, 0.6) is 5.75 Å². The number of rotatable bonds is 2. The lowest BCUT2D eigenvalue weighted by Crippen LogP contribution is -2.38. The number of ether oxygens (including phenoxy) is 1. The fraction of sp³-hybridized carbons (Fsp3) is 0.389. The summed E-state index contributed by atoms with van der Waals surface area (Å²) in [7, 11) is 4.77. The topological polar surface area (TPSA) is 74.3 Å². The zero-order valence-corrected chi connectivity index (χ0v) is 15.3. The van der Waals surface area contributed by atoms with Crippen LogP contribution in [0, 0.1) is 5.92 Å². The fourth-order valence-electron chi connectivity index (χ4n) is 3.58. The Hall–Kier alpha value is -3.03. The highest BCUT2D eigenvalue weighted by Gasteiger charge is 2.29. The normalized spacial score (nSPS) is 16.8. The first-order chi connectivity index (χ1) is 12.4. The Kier molecular flexibility index (Phi) is 3.64. The van der Waals surface area contributed by atoms with Gasteiger partial charge in [-0.3, -0.25) is 13.9 Å². The molecule has 0 bridgehead atoms. The van der Waals surface area contributed by atoms with Crippen LogP contribution < -0.4 is 20.9 Å². The summed E-state index contributed by atoms with van der Waals surface area (Å²) in [6.07, 6.45) is 0. The molecule has 136 valence electrons. The summed E-state index contributed by atoms with van der Waals surface area (Å²) >= 11 is 0. The standard InChI is InChI=1S/C18H21N5O3/c1-11-9-22(12-6-5-7-13(8-12)26-4)17-19-15-14(23(17)10-11)16(24)21(3)18(25)20(15)2/h5-8,11H,9-10H2,1-4H3/t11-/m1/s1. The quantitative estimate of drug-likeness (QED) is 0.691. The highest BCUT2D eigenvalue weighted by Crippen LogP contribution is 2.34. The molecule has 0 aliphatic carbocycles. The molecule has 0 N–H and O–H groups in total. The van der Waals surface area contributed by atoms with Gasteiger partial charge >= 0.3 is 5.69 Å². The Morgan fingerprint density at radius 3 is 2.65 bits per heavy atom. The van der Waals surface area contributed by atoms with E-state index in [0.717, 1.165) is 22.5 Å². The first-order valence-electron chi connectivity index (χ1n) is 8.50. The van der Waals surface area contributed by atoms with Crippen LogP contribution in [0.3, 0.4) is 0 Å². The van der Waals surface area contributed by atoms with Crippen LogP contribution in [0.1, 0.15) is 6.92 Å². The molecule has 0 saturated heterocycles. The van der Waals surface area contributed by atoms with Gasteiger partial charge < -0.3 is 14.2 Å². The minimum absolute atomic E-state index is 0.313. The molecule has 1 aliphatic heterocycles. The summed E-state index contributed by atoms with van der Waals surface area (Å²) in [6, 6.07) is 7.74. The second-order valence-corrected chi connectivity index (χ2v) is 6.82. The number of hydrogen-bond acceptors (Lipinski definition) is 5. The Bertz CT molecular complexity index is 1120. The molecule has 0 saturated carbocycles. The molecule has 0 fully saturated rings. The van der Waals surface area contributed by atoms with E-state index in [-0.39, 0.29) is 11.2 Å². The first-order valence-corrected chi connectivity index (χ1v) is 8.50. The average Bonchev–Trinajstić information content (AvgIpc) is 3.03. The number of imidazole rings is 1. The number of benzene rings is 1. The number of aryl methyl sites for hydroxylation is 1. The van der Waals surface area contributed by atoms with Gasteiger partial charge in [0.1, 0.15) is 5.75 Å². The van der Waals surface area contributed by atoms with Crippen LogP contribution in [-0.2, 0) is 20.6 Å². The van der Waals surface area contributed by atoms with Gasteiger partial charge in [-0.05, 0) is 18.1 Å². The molecule has 1 atom stereocenters. The van der Waals surface area contributed by atoms with E-state index in [4.69, 9.17) is 4.74 Å². The monoisotopic (exact) mass is 355 g/mol. The van der Waals surface area contributed by atoms with E-state index in [1.165, 1.54) is 11.6 Å². The first kappa shape index (κ1) is 16.4. The van der Waals surface area contributed by atoms with Gasteiger partial charge in [-0.25, -0.2) is 4.79 Å². The van der Waals surface area contributed by atoms with E-state index in [1.807, 2.05) is 28.8 Å². The summed E-state index contributed by atoms with van der Waals surface area (Å²) < 4.78 is 9.82. The van der Waals surface area contributed by atoms with E-state index in [9.17, 15) is 9.59 Å². The summed E-state index contributed by atoms with van der Waals surface area (Å²) in [5.41, 5.74) is 1.12. The number of anilines is 2. The Labute approximate surface area is 149 Å². The van der Waals surface area contributed by atoms with Crippen LogP contribution in [0.25, 0.3) is 11.2 Å². The maximum atomic E-state index is 12.7. The number of methoxy groups -OCH3 is 1. The lowest BCUT2D eigenvalue weighted by Gasteiger charge is -2.33. The second kappa shape index (κ2) is 5.76. The van der Waals surface area contributed by atoms with Crippen LogP contribution >= 0.6 is 0 Å². The van der Waals surface area contributed by atoms with Gasteiger partial charge in [0, 0.05) is 38.9 Å². The zero-order valence-electron chi connectivity index (χ0n) is 15.3. The molecule has 0 radical (unpaired) electrons. The van der Waals surface area contributed by atoms with E-state index < -0.39 is 0 Å². The Morgan fingerprint density at radius 1 is 1.15 bits per heavy atom. The molecule has 1 aromatic carbocycles. The zero-order chi connectivity index (χ0) is 18.6. The predicted molar refractivity (Wildman–Crippen MR) is 99.4 cm³/mol. The molecule has 26 heavy (non-hydrogen) atoms. The minimum Gasteiger partial charge on any atom is -0.497 e. The van der Waals surface area contributed by atoms with E-state index in [1.54, 1.807) is 14.2 Å². The lowest BCUT2D eigenvalue weighted by atomic mass is 10.1. The number of nitrogens with zero attached hydrogens (tertiary/aromatic N) is 5. The molecule has 0 unspecified atom stereocenters. The van der Waals surface area contributed by atoms with Crippen LogP contribution in [0.2, 0.25) is 0 Å². The third kappa shape index (κ3) is 2.25. The molecule has 8 nitrogen and oxygen atoms in total. The van der Waals surface area contributed by atoms with Crippen molar-refractivity contribution in [1.29, 1.82) is 0 Å². The van der Waals surface area contributed by atoms with Crippen molar-refractivity contribution < 1.29 is 4.74 Å². The summed E-state index contributed by atoms with van der Waals surface area (Å²) in [5.74, 6) is 1.74. The van der Waals surface area contributed by atoms with Crippen LogP contribution in [0.15, 0.2) is 33.9 Å². The van der Waals surface area contributed by atoms with Crippen molar-refractivity contribution >= 4 is 22.8 Å². The van der Waals surface area contributed by atoms with Crippen molar-refractivity contribution in [2.24, 2.45) is 20.0 Å². The van der Waals surface area contributed by atoms with E-state index in [2.05, 4.69) is 16.8 Å². The number of hydrogen-bond donors (Lipinski definition) is 0. The molecular weight excluding hydrogens is 334 g/mol. The highest BCUT2D eigenvalue weighted by molar-refractivity contribution is 5.77. The summed E-state index contributed by atoms with van der Waals surface area (Å²) in [4.78, 5) is 31.7. The molecule has 4 rings (SSSR count). The van der Waals surface area contributed by atoms with Crippen molar-refractivity contribution in [3.8, 4) is 5.75 Å². The van der Waals surface area contributed by atoms with Crippen molar-refractivity contribution in [3.05, 3.63) is 45.1 Å². The van der Waals surface area contributed by atoms with Gasteiger partial charge in [0.2, 0.25) is 5.95 Å². The average molecular weight is 355 g/mol. The van der Waals surface area contributed by atoms with Gasteiger partial charge in [0.15, 0.2) is 11.2 Å². The van der Waals surface area contributed by atoms with Crippen molar-refractivity contribution in [1.82, 2.24) is 18.7 Å². The Morgan fingerprint density at radius 2 is 1.92 bits per heavy atom. The maximum absolute atomic E-state index is 12.7. The van der Waals surface area contributed by atoms with Crippen molar-refractivity contribution in [3.63, 3.8) is 0 Å². The molecule has 2 aromatic heterocycles. The molecule has 1 aliphatic rings. The lowest BCUT2D eigenvalue weighted by molar-refractivity contribution is 0.414. The van der Waals surface area contributed by atoms with Crippen molar-refractivity contribution in [2.75, 3.05) is 18.6 Å². The fourth-order valence-corrected chi connectivity index (χ4v) is 3.58. The third-order valence-electron chi connectivity index (χ3n) is 4.92. The maximum Gasteiger partial charge on any atom is 0.332 e. The van der Waals surface area contributed by atoms with Gasteiger partial charge in [-0.1, -0.05) is 13.0 Å². The van der Waals surface area contributed by atoms with Crippen molar-refractivity contribution in [2.45, 2.75) is 13.5 Å². The highest BCUT2D eigenvalue weighted by atomic mass is 16.5. The second-order valence-electron chi connectivity index (χ2n) is 6.82. The molecular formula is C18H21N5O3. The van der Waals surface area contributed by atoms with E-state index in [0.29, 0.717) is 29.6 Å². The van der Waals surface area contributed by atoms with E-state index >= 15 is 0 Å².